The van der Waals surface area contributed by atoms with Crippen LogP contribution in [0.15, 0.2) is 76.5 Å². The minimum atomic E-state index is -0.378. The average molecular weight is 383 g/mol. The SMILES string of the molecule is Fc1ccccc1CSc1nnc(-c2ccccc2F)n1Cc1ccco1. The van der Waals surface area contributed by atoms with Crippen molar-refractivity contribution in [2.75, 3.05) is 0 Å². The first-order valence-electron chi connectivity index (χ1n) is 8.29. The quantitative estimate of drug-likeness (QED) is 0.432. The van der Waals surface area contributed by atoms with Crippen LogP contribution in [0, 0.1) is 11.6 Å². The molecule has 4 aromatic rings. The van der Waals surface area contributed by atoms with Gasteiger partial charge in [-0.15, -0.1) is 10.2 Å². The lowest BCUT2D eigenvalue weighted by molar-refractivity contribution is 0.485. The van der Waals surface area contributed by atoms with Crippen molar-refractivity contribution < 1.29 is 13.2 Å². The highest BCUT2D eigenvalue weighted by Gasteiger charge is 2.18. The number of rotatable bonds is 6. The summed E-state index contributed by atoms with van der Waals surface area (Å²) in [7, 11) is 0. The van der Waals surface area contributed by atoms with E-state index in [1.54, 1.807) is 53.3 Å². The molecular weight excluding hydrogens is 368 g/mol. The molecule has 0 unspecified atom stereocenters. The lowest BCUT2D eigenvalue weighted by Crippen LogP contribution is -2.04. The summed E-state index contributed by atoms with van der Waals surface area (Å²) in [5.74, 6) is 0.841. The Labute approximate surface area is 158 Å². The van der Waals surface area contributed by atoms with E-state index < -0.39 is 0 Å². The molecule has 0 fully saturated rings. The van der Waals surface area contributed by atoms with Gasteiger partial charge in [0, 0.05) is 5.75 Å². The number of furan rings is 1. The zero-order chi connectivity index (χ0) is 18.6. The molecule has 0 radical (unpaired) electrons. The van der Waals surface area contributed by atoms with E-state index in [4.69, 9.17) is 4.42 Å². The third-order valence-electron chi connectivity index (χ3n) is 4.04. The molecule has 0 aliphatic rings. The Bertz CT molecular complexity index is 1050. The number of hydrogen-bond acceptors (Lipinski definition) is 4. The molecule has 27 heavy (non-hydrogen) atoms. The normalized spacial score (nSPS) is 11.0. The molecule has 2 heterocycles. The fourth-order valence-corrected chi connectivity index (χ4v) is 3.62. The number of benzene rings is 2. The lowest BCUT2D eigenvalue weighted by Gasteiger charge is -2.09. The van der Waals surface area contributed by atoms with Crippen molar-refractivity contribution in [3.05, 3.63) is 89.9 Å². The molecule has 0 saturated carbocycles. The van der Waals surface area contributed by atoms with Gasteiger partial charge in [-0.05, 0) is 35.9 Å². The fourth-order valence-electron chi connectivity index (χ4n) is 2.70. The molecule has 0 saturated heterocycles. The van der Waals surface area contributed by atoms with Crippen LogP contribution in [-0.2, 0) is 12.3 Å². The Morgan fingerprint density at radius 1 is 0.889 bits per heavy atom. The largest absolute Gasteiger partial charge is 0.467 e. The third-order valence-corrected chi connectivity index (χ3v) is 5.06. The Balaban J connectivity index is 1.69. The second kappa shape index (κ2) is 7.75. The predicted octanol–water partition coefficient (Wildman–Crippen LogP) is 5.16. The van der Waals surface area contributed by atoms with Crippen LogP contribution < -0.4 is 0 Å². The first-order chi connectivity index (χ1) is 13.2. The lowest BCUT2D eigenvalue weighted by atomic mass is 10.2. The van der Waals surface area contributed by atoms with E-state index in [1.807, 2.05) is 6.07 Å². The van der Waals surface area contributed by atoms with Gasteiger partial charge in [-0.3, -0.25) is 4.57 Å². The molecule has 0 N–H and O–H groups in total. The molecule has 7 heteroatoms. The van der Waals surface area contributed by atoms with Crippen LogP contribution in [0.3, 0.4) is 0 Å². The number of hydrogen-bond donors (Lipinski definition) is 0. The van der Waals surface area contributed by atoms with Gasteiger partial charge in [-0.25, -0.2) is 8.78 Å². The minimum absolute atomic E-state index is 0.267. The molecule has 4 rings (SSSR count). The summed E-state index contributed by atoms with van der Waals surface area (Å²) < 4.78 is 35.4. The summed E-state index contributed by atoms with van der Waals surface area (Å²) in [4.78, 5) is 0. The maximum absolute atomic E-state index is 14.3. The maximum atomic E-state index is 14.3. The summed E-state index contributed by atoms with van der Waals surface area (Å²) >= 11 is 1.34. The number of aromatic nitrogens is 3. The highest BCUT2D eigenvalue weighted by atomic mass is 32.2. The predicted molar refractivity (Wildman–Crippen MR) is 99.2 cm³/mol. The smallest absolute Gasteiger partial charge is 0.192 e. The fraction of sp³-hybridized carbons (Fsp3) is 0.100. The Morgan fingerprint density at radius 3 is 2.41 bits per heavy atom. The van der Waals surface area contributed by atoms with Crippen molar-refractivity contribution in [2.45, 2.75) is 17.5 Å². The van der Waals surface area contributed by atoms with Gasteiger partial charge >= 0.3 is 0 Å². The molecular formula is C20H15F2N3OS. The van der Waals surface area contributed by atoms with Gasteiger partial charge in [-0.1, -0.05) is 42.1 Å². The molecule has 0 spiro atoms. The first-order valence-corrected chi connectivity index (χ1v) is 9.27. The van der Waals surface area contributed by atoms with E-state index in [1.165, 1.54) is 23.9 Å². The average Bonchev–Trinajstić information content (AvgIpc) is 3.32. The van der Waals surface area contributed by atoms with Crippen LogP contribution in [0.5, 0.6) is 0 Å². The number of halogens is 2. The van der Waals surface area contributed by atoms with Gasteiger partial charge in [0.2, 0.25) is 0 Å². The second-order valence-corrected chi connectivity index (χ2v) is 6.77. The number of thioether (sulfide) groups is 1. The van der Waals surface area contributed by atoms with Crippen LogP contribution in [0.2, 0.25) is 0 Å². The van der Waals surface area contributed by atoms with E-state index in [2.05, 4.69) is 10.2 Å². The Hall–Kier alpha value is -2.93. The summed E-state index contributed by atoms with van der Waals surface area (Å²) in [5.41, 5.74) is 0.928. The summed E-state index contributed by atoms with van der Waals surface area (Å²) in [5, 5.41) is 8.95. The van der Waals surface area contributed by atoms with Crippen LogP contribution in [0.25, 0.3) is 11.4 Å². The molecule has 2 aromatic carbocycles. The summed E-state index contributed by atoms with van der Waals surface area (Å²) in [6.45, 7) is 0.350. The van der Waals surface area contributed by atoms with Crippen molar-refractivity contribution in [3.63, 3.8) is 0 Å². The van der Waals surface area contributed by atoms with Gasteiger partial charge < -0.3 is 4.42 Å². The van der Waals surface area contributed by atoms with Gasteiger partial charge in [0.25, 0.3) is 0 Å². The molecule has 2 aromatic heterocycles. The highest BCUT2D eigenvalue weighted by Crippen LogP contribution is 2.29. The maximum Gasteiger partial charge on any atom is 0.192 e. The molecule has 0 aliphatic heterocycles. The van der Waals surface area contributed by atoms with Gasteiger partial charge in [0.05, 0.1) is 18.4 Å². The van der Waals surface area contributed by atoms with Crippen LogP contribution in [0.1, 0.15) is 11.3 Å². The van der Waals surface area contributed by atoms with Crippen LogP contribution in [0.4, 0.5) is 8.78 Å². The van der Waals surface area contributed by atoms with Crippen molar-refractivity contribution in [2.24, 2.45) is 0 Å². The summed E-state index contributed by atoms with van der Waals surface area (Å²) in [6.07, 6.45) is 1.58. The third kappa shape index (κ3) is 3.78. The van der Waals surface area contributed by atoms with Crippen molar-refractivity contribution in [3.8, 4) is 11.4 Å². The standard InChI is InChI=1S/C20H15F2N3OS/c21-17-9-3-1-6-14(17)13-27-20-24-23-19(16-8-2-4-10-18(16)22)25(20)12-15-7-5-11-26-15/h1-11H,12-13H2. The van der Waals surface area contributed by atoms with Gasteiger partial charge in [0.15, 0.2) is 11.0 Å². The van der Waals surface area contributed by atoms with E-state index in [0.29, 0.717) is 40.2 Å². The summed E-state index contributed by atoms with van der Waals surface area (Å²) in [6, 6.07) is 16.6. The van der Waals surface area contributed by atoms with Crippen molar-refractivity contribution in [1.29, 1.82) is 0 Å². The Kier molecular flexibility index (Phi) is 5.02. The monoisotopic (exact) mass is 383 g/mol. The highest BCUT2D eigenvalue weighted by molar-refractivity contribution is 7.98. The van der Waals surface area contributed by atoms with Crippen molar-refractivity contribution >= 4 is 11.8 Å². The molecule has 0 aliphatic carbocycles. The zero-order valence-electron chi connectivity index (χ0n) is 14.2. The van der Waals surface area contributed by atoms with E-state index in [0.717, 1.165) is 0 Å². The van der Waals surface area contributed by atoms with Gasteiger partial charge in [0.1, 0.15) is 17.4 Å². The van der Waals surface area contributed by atoms with Gasteiger partial charge in [-0.2, -0.15) is 0 Å². The zero-order valence-corrected chi connectivity index (χ0v) is 15.0. The van der Waals surface area contributed by atoms with Crippen LogP contribution >= 0.6 is 11.8 Å². The molecule has 136 valence electrons. The molecule has 0 bridgehead atoms. The molecule has 0 atom stereocenters. The van der Waals surface area contributed by atoms with E-state index in [9.17, 15) is 8.78 Å². The topological polar surface area (TPSA) is 43.9 Å². The molecule has 0 amide bonds. The van der Waals surface area contributed by atoms with Crippen LogP contribution in [-0.4, -0.2) is 14.8 Å². The van der Waals surface area contributed by atoms with Crippen molar-refractivity contribution in [1.82, 2.24) is 14.8 Å². The molecule has 4 nitrogen and oxygen atoms in total. The Morgan fingerprint density at radius 2 is 1.67 bits per heavy atom. The number of nitrogens with zero attached hydrogens (tertiary/aromatic N) is 3. The van der Waals surface area contributed by atoms with E-state index >= 15 is 0 Å². The first kappa shape index (κ1) is 17.5. The van der Waals surface area contributed by atoms with E-state index in [-0.39, 0.29) is 11.6 Å². The second-order valence-electron chi connectivity index (χ2n) is 5.83. The minimum Gasteiger partial charge on any atom is -0.467 e.